The summed E-state index contributed by atoms with van der Waals surface area (Å²) in [5.41, 5.74) is 0.691. The summed E-state index contributed by atoms with van der Waals surface area (Å²) < 4.78 is 44.4. The third-order valence-electron chi connectivity index (χ3n) is 4.56. The Kier molecular flexibility index (Phi) is 5.76. The summed E-state index contributed by atoms with van der Waals surface area (Å²) in [6.45, 7) is 1.76. The highest BCUT2D eigenvalue weighted by atomic mass is 32.2. The molecule has 0 aliphatic rings. The van der Waals surface area contributed by atoms with E-state index in [1.807, 2.05) is 12.1 Å². The highest BCUT2D eigenvalue weighted by Gasteiger charge is 2.21. The minimum absolute atomic E-state index is 0.193. The molecule has 0 unspecified atom stereocenters. The van der Waals surface area contributed by atoms with Gasteiger partial charge >= 0.3 is 0 Å². The average molecular weight is 401 g/mol. The first-order chi connectivity index (χ1) is 13.4. The molecule has 0 radical (unpaired) electrons. The maximum atomic E-state index is 12.9. The third kappa shape index (κ3) is 4.05. The van der Waals surface area contributed by atoms with Gasteiger partial charge in [-0.25, -0.2) is 13.1 Å². The number of sulfonamides is 1. The second-order valence-corrected chi connectivity index (χ2v) is 8.04. The maximum Gasteiger partial charge on any atom is 0.241 e. The molecular formula is C21H23NO5S. The molecule has 7 heteroatoms. The van der Waals surface area contributed by atoms with E-state index in [1.165, 1.54) is 0 Å². The zero-order valence-corrected chi connectivity index (χ0v) is 17.0. The molecule has 3 aromatic carbocycles. The number of ether oxygens (including phenoxy) is 3. The molecule has 0 amide bonds. The first-order valence-corrected chi connectivity index (χ1v) is 10.2. The van der Waals surface area contributed by atoms with E-state index in [9.17, 15) is 8.42 Å². The second-order valence-electron chi connectivity index (χ2n) is 6.33. The predicted octanol–water partition coefficient (Wildman–Crippen LogP) is 3.91. The minimum Gasteiger partial charge on any atom is -0.497 e. The van der Waals surface area contributed by atoms with Gasteiger partial charge in [0.25, 0.3) is 0 Å². The lowest BCUT2D eigenvalue weighted by molar-refractivity contribution is 0.395. The summed E-state index contributed by atoms with van der Waals surface area (Å²) in [5.74, 6) is 1.93. The van der Waals surface area contributed by atoms with Gasteiger partial charge in [-0.15, -0.1) is 0 Å². The SMILES string of the molecule is COc1ccc(OC)c([C@H](C)NS(=O)(=O)c2ccc3cc(OC)ccc3c2)c1. The highest BCUT2D eigenvalue weighted by Crippen LogP contribution is 2.31. The number of benzene rings is 3. The van der Waals surface area contributed by atoms with Crippen LogP contribution in [0.3, 0.4) is 0 Å². The van der Waals surface area contributed by atoms with Gasteiger partial charge in [0.1, 0.15) is 17.2 Å². The van der Waals surface area contributed by atoms with Crippen molar-refractivity contribution < 1.29 is 22.6 Å². The third-order valence-corrected chi connectivity index (χ3v) is 6.10. The molecule has 0 aliphatic carbocycles. The second kappa shape index (κ2) is 8.08. The van der Waals surface area contributed by atoms with Crippen molar-refractivity contribution in [3.8, 4) is 17.2 Å². The Hall–Kier alpha value is -2.77. The van der Waals surface area contributed by atoms with Crippen LogP contribution in [0.5, 0.6) is 17.2 Å². The van der Waals surface area contributed by atoms with Gasteiger partial charge in [-0.1, -0.05) is 12.1 Å². The van der Waals surface area contributed by atoms with E-state index >= 15 is 0 Å². The normalized spacial score (nSPS) is 12.6. The molecule has 6 nitrogen and oxygen atoms in total. The predicted molar refractivity (Wildman–Crippen MR) is 109 cm³/mol. The molecule has 0 aromatic heterocycles. The van der Waals surface area contributed by atoms with Gasteiger partial charge in [0.05, 0.1) is 26.2 Å². The van der Waals surface area contributed by atoms with Crippen molar-refractivity contribution in [3.05, 3.63) is 60.2 Å². The smallest absolute Gasteiger partial charge is 0.241 e. The molecule has 3 rings (SSSR count). The Bertz CT molecular complexity index is 1100. The fourth-order valence-electron chi connectivity index (χ4n) is 3.04. The van der Waals surface area contributed by atoms with Crippen LogP contribution in [0.2, 0.25) is 0 Å². The summed E-state index contributed by atoms with van der Waals surface area (Å²) >= 11 is 0. The van der Waals surface area contributed by atoms with E-state index in [0.717, 1.165) is 16.5 Å². The van der Waals surface area contributed by atoms with Gasteiger partial charge in [-0.3, -0.25) is 0 Å². The Balaban J connectivity index is 1.92. The van der Waals surface area contributed by atoms with Crippen LogP contribution in [0, 0.1) is 0 Å². The first-order valence-electron chi connectivity index (χ1n) is 8.70. The van der Waals surface area contributed by atoms with E-state index in [4.69, 9.17) is 14.2 Å². The van der Waals surface area contributed by atoms with Crippen LogP contribution in [-0.2, 0) is 10.0 Å². The largest absolute Gasteiger partial charge is 0.497 e. The molecule has 0 saturated carbocycles. The Morgan fingerprint density at radius 2 is 1.39 bits per heavy atom. The number of hydrogen-bond donors (Lipinski definition) is 1. The van der Waals surface area contributed by atoms with Crippen molar-refractivity contribution in [2.75, 3.05) is 21.3 Å². The monoisotopic (exact) mass is 401 g/mol. The zero-order chi connectivity index (χ0) is 20.3. The number of hydrogen-bond acceptors (Lipinski definition) is 5. The quantitative estimate of drug-likeness (QED) is 0.650. The summed E-state index contributed by atoms with van der Waals surface area (Å²) in [6.07, 6.45) is 0. The van der Waals surface area contributed by atoms with Gasteiger partial charge in [0.2, 0.25) is 10.0 Å². The van der Waals surface area contributed by atoms with Crippen molar-refractivity contribution in [2.24, 2.45) is 0 Å². The fourth-order valence-corrected chi connectivity index (χ4v) is 4.30. The molecule has 0 spiro atoms. The molecule has 0 fully saturated rings. The minimum atomic E-state index is -3.74. The lowest BCUT2D eigenvalue weighted by atomic mass is 10.1. The summed E-state index contributed by atoms with van der Waals surface area (Å²) in [5, 5.41) is 1.72. The Morgan fingerprint density at radius 3 is 2.07 bits per heavy atom. The van der Waals surface area contributed by atoms with Gasteiger partial charge in [0, 0.05) is 11.6 Å². The van der Waals surface area contributed by atoms with E-state index in [-0.39, 0.29) is 4.90 Å². The van der Waals surface area contributed by atoms with E-state index in [0.29, 0.717) is 17.1 Å². The molecular weight excluding hydrogens is 378 g/mol. The first kappa shape index (κ1) is 20.0. The topological polar surface area (TPSA) is 73.9 Å². The van der Waals surface area contributed by atoms with E-state index in [2.05, 4.69) is 4.72 Å². The van der Waals surface area contributed by atoms with Gasteiger partial charge in [0.15, 0.2) is 0 Å². The molecule has 3 aromatic rings. The molecule has 0 saturated heterocycles. The van der Waals surface area contributed by atoms with Crippen LogP contribution in [-0.4, -0.2) is 29.7 Å². The van der Waals surface area contributed by atoms with Crippen molar-refractivity contribution in [1.82, 2.24) is 4.72 Å². The van der Waals surface area contributed by atoms with Crippen molar-refractivity contribution in [1.29, 1.82) is 0 Å². The lowest BCUT2D eigenvalue weighted by Crippen LogP contribution is -2.27. The molecule has 0 aliphatic heterocycles. The van der Waals surface area contributed by atoms with Crippen molar-refractivity contribution >= 4 is 20.8 Å². The number of nitrogens with one attached hydrogen (secondary N) is 1. The van der Waals surface area contributed by atoms with Crippen LogP contribution < -0.4 is 18.9 Å². The summed E-state index contributed by atoms with van der Waals surface area (Å²) in [4.78, 5) is 0.193. The van der Waals surface area contributed by atoms with E-state index in [1.54, 1.807) is 70.7 Å². The Morgan fingerprint density at radius 1 is 0.786 bits per heavy atom. The zero-order valence-electron chi connectivity index (χ0n) is 16.2. The molecule has 1 atom stereocenters. The van der Waals surface area contributed by atoms with Crippen molar-refractivity contribution in [2.45, 2.75) is 17.9 Å². The molecule has 0 heterocycles. The van der Waals surface area contributed by atoms with Gasteiger partial charge < -0.3 is 14.2 Å². The summed E-state index contributed by atoms with van der Waals surface area (Å²) in [7, 11) is 0.964. The van der Waals surface area contributed by atoms with Crippen molar-refractivity contribution in [3.63, 3.8) is 0 Å². The lowest BCUT2D eigenvalue weighted by Gasteiger charge is -2.18. The molecule has 0 bridgehead atoms. The van der Waals surface area contributed by atoms with Crippen LogP contribution in [0.4, 0.5) is 0 Å². The van der Waals surface area contributed by atoms with Crippen LogP contribution in [0.15, 0.2) is 59.5 Å². The Labute approximate surface area is 165 Å². The summed E-state index contributed by atoms with van der Waals surface area (Å²) in [6, 6.07) is 15.3. The maximum absolute atomic E-state index is 12.9. The number of fused-ring (bicyclic) bond motifs is 1. The van der Waals surface area contributed by atoms with Crippen LogP contribution in [0.25, 0.3) is 10.8 Å². The van der Waals surface area contributed by atoms with Gasteiger partial charge in [-0.05, 0) is 60.2 Å². The van der Waals surface area contributed by atoms with E-state index < -0.39 is 16.1 Å². The van der Waals surface area contributed by atoms with Crippen LogP contribution in [0.1, 0.15) is 18.5 Å². The standard InChI is InChI=1S/C21H23NO5S/c1-14(20-13-18(26-3)8-10-21(20)27-4)22-28(23,24)19-9-6-15-11-17(25-2)7-5-16(15)12-19/h5-14,22H,1-4H3/t14-/m0/s1. The fraction of sp³-hybridized carbons (Fsp3) is 0.238. The number of rotatable bonds is 7. The van der Waals surface area contributed by atoms with Crippen LogP contribution >= 0.6 is 0 Å². The molecule has 1 N–H and O–H groups in total. The highest BCUT2D eigenvalue weighted by molar-refractivity contribution is 7.89. The molecule has 28 heavy (non-hydrogen) atoms. The average Bonchev–Trinajstić information content (AvgIpc) is 2.71. The molecule has 148 valence electrons. The van der Waals surface area contributed by atoms with Gasteiger partial charge in [-0.2, -0.15) is 0 Å². The number of methoxy groups -OCH3 is 3.